The van der Waals surface area contributed by atoms with Crippen LogP contribution in [0.1, 0.15) is 23.7 Å². The molecule has 0 aliphatic carbocycles. The van der Waals surface area contributed by atoms with Gasteiger partial charge in [0, 0.05) is 37.1 Å². The third-order valence-electron chi connectivity index (χ3n) is 3.34. The highest BCUT2D eigenvalue weighted by Crippen LogP contribution is 2.24. The summed E-state index contributed by atoms with van der Waals surface area (Å²) in [7, 11) is 1.81. The molecule has 0 saturated carbocycles. The van der Waals surface area contributed by atoms with Crippen molar-refractivity contribution in [3.05, 3.63) is 57.4 Å². The lowest BCUT2D eigenvalue weighted by Crippen LogP contribution is -2.01. The van der Waals surface area contributed by atoms with Crippen LogP contribution in [0.25, 0.3) is 0 Å². The summed E-state index contributed by atoms with van der Waals surface area (Å²) in [5.74, 6) is 0. The van der Waals surface area contributed by atoms with Crippen molar-refractivity contribution in [2.45, 2.75) is 19.9 Å². The summed E-state index contributed by atoms with van der Waals surface area (Å²) in [5.41, 5.74) is 3.09. The molecule has 0 spiro atoms. The summed E-state index contributed by atoms with van der Waals surface area (Å²) in [6, 6.07) is 9.04. The highest BCUT2D eigenvalue weighted by molar-refractivity contribution is 5.55. The van der Waals surface area contributed by atoms with Crippen molar-refractivity contribution < 1.29 is 4.92 Å². The predicted octanol–water partition coefficient (Wildman–Crippen LogP) is 2.98. The number of hydrogen-bond acceptors (Lipinski definition) is 4. The molecule has 1 aromatic heterocycles. The Balaban J connectivity index is 2.14. The summed E-state index contributed by atoms with van der Waals surface area (Å²) >= 11 is 0. The molecule has 1 aromatic carbocycles. The molecule has 6 heteroatoms. The third-order valence-corrected chi connectivity index (χ3v) is 3.34. The lowest BCUT2D eigenvalue weighted by Gasteiger charge is -2.07. The smallest absolute Gasteiger partial charge is 0.274 e. The zero-order valence-electron chi connectivity index (χ0n) is 12.0. The van der Waals surface area contributed by atoms with Gasteiger partial charge in [0.15, 0.2) is 0 Å². The molecule has 0 amide bonds. The van der Waals surface area contributed by atoms with Crippen LogP contribution in [0.4, 0.5) is 11.4 Å². The fourth-order valence-corrected chi connectivity index (χ4v) is 2.19. The standard InChI is InChI=1S/C15H16N4O2/c1-3-12-4-5-13(7-15(12)19(20)21)17-9-11-6-14(8-16)18(2)10-11/h4-7,10,17H,3,9H2,1-2H3. The lowest BCUT2D eigenvalue weighted by atomic mass is 10.1. The first-order valence-corrected chi connectivity index (χ1v) is 6.61. The molecule has 0 aliphatic rings. The van der Waals surface area contributed by atoms with E-state index in [4.69, 9.17) is 5.26 Å². The van der Waals surface area contributed by atoms with Gasteiger partial charge < -0.3 is 9.88 Å². The normalized spacial score (nSPS) is 10.1. The van der Waals surface area contributed by atoms with Crippen LogP contribution in [0.15, 0.2) is 30.5 Å². The Labute approximate surface area is 122 Å². The van der Waals surface area contributed by atoms with E-state index in [-0.39, 0.29) is 10.6 Å². The van der Waals surface area contributed by atoms with Crippen LogP contribution in [0, 0.1) is 21.4 Å². The van der Waals surface area contributed by atoms with Crippen LogP contribution in [-0.2, 0) is 20.0 Å². The first-order valence-electron chi connectivity index (χ1n) is 6.61. The molecule has 1 N–H and O–H groups in total. The van der Waals surface area contributed by atoms with Gasteiger partial charge in [-0.15, -0.1) is 0 Å². The SMILES string of the molecule is CCc1ccc(NCc2cc(C#N)n(C)c2)cc1[N+](=O)[O-]. The number of hydrogen-bond donors (Lipinski definition) is 1. The van der Waals surface area contributed by atoms with E-state index in [0.29, 0.717) is 24.3 Å². The van der Waals surface area contributed by atoms with Gasteiger partial charge in [-0.3, -0.25) is 10.1 Å². The van der Waals surface area contributed by atoms with Crippen molar-refractivity contribution in [2.75, 3.05) is 5.32 Å². The second-order valence-corrected chi connectivity index (χ2v) is 4.76. The van der Waals surface area contributed by atoms with Gasteiger partial charge in [0.05, 0.1) is 4.92 Å². The van der Waals surface area contributed by atoms with Crippen molar-refractivity contribution >= 4 is 11.4 Å². The van der Waals surface area contributed by atoms with Crippen LogP contribution in [0.2, 0.25) is 0 Å². The zero-order valence-corrected chi connectivity index (χ0v) is 12.0. The monoisotopic (exact) mass is 284 g/mol. The fraction of sp³-hybridized carbons (Fsp3) is 0.267. The number of aromatic nitrogens is 1. The van der Waals surface area contributed by atoms with Crippen molar-refractivity contribution in [1.82, 2.24) is 4.57 Å². The number of anilines is 1. The number of nitrogens with zero attached hydrogens (tertiary/aromatic N) is 3. The van der Waals surface area contributed by atoms with Crippen LogP contribution >= 0.6 is 0 Å². The van der Waals surface area contributed by atoms with Crippen LogP contribution in [-0.4, -0.2) is 9.49 Å². The summed E-state index contributed by atoms with van der Waals surface area (Å²) in [6.07, 6.45) is 2.49. The van der Waals surface area contributed by atoms with Gasteiger partial charge in [0.25, 0.3) is 5.69 Å². The van der Waals surface area contributed by atoms with Crippen LogP contribution < -0.4 is 5.32 Å². The van der Waals surface area contributed by atoms with Gasteiger partial charge >= 0.3 is 0 Å². The topological polar surface area (TPSA) is 83.9 Å². The van der Waals surface area contributed by atoms with Crippen molar-refractivity contribution in [1.29, 1.82) is 5.26 Å². The minimum atomic E-state index is -0.361. The van der Waals surface area contributed by atoms with Gasteiger partial charge in [-0.2, -0.15) is 5.26 Å². The largest absolute Gasteiger partial charge is 0.381 e. The number of nitro benzene ring substituents is 1. The number of benzene rings is 1. The minimum Gasteiger partial charge on any atom is -0.381 e. The average molecular weight is 284 g/mol. The highest BCUT2D eigenvalue weighted by atomic mass is 16.6. The molecular weight excluding hydrogens is 268 g/mol. The highest BCUT2D eigenvalue weighted by Gasteiger charge is 2.13. The maximum atomic E-state index is 11.0. The third kappa shape index (κ3) is 3.20. The van der Waals surface area contributed by atoms with E-state index in [2.05, 4.69) is 11.4 Å². The van der Waals surface area contributed by atoms with E-state index in [9.17, 15) is 10.1 Å². The molecule has 0 bridgehead atoms. The maximum absolute atomic E-state index is 11.0. The van der Waals surface area contributed by atoms with Gasteiger partial charge in [0.1, 0.15) is 11.8 Å². The predicted molar refractivity (Wildman–Crippen MR) is 79.9 cm³/mol. The average Bonchev–Trinajstić information content (AvgIpc) is 2.85. The second-order valence-electron chi connectivity index (χ2n) is 4.76. The molecule has 2 rings (SSSR count). The van der Waals surface area contributed by atoms with E-state index in [1.807, 2.05) is 26.2 Å². The Morgan fingerprint density at radius 3 is 2.76 bits per heavy atom. The minimum absolute atomic E-state index is 0.133. The van der Waals surface area contributed by atoms with Gasteiger partial charge in [-0.25, -0.2) is 0 Å². The van der Waals surface area contributed by atoms with Crippen molar-refractivity contribution in [3.63, 3.8) is 0 Å². The first-order chi connectivity index (χ1) is 10.0. The number of nitrogens with one attached hydrogen (secondary N) is 1. The quantitative estimate of drug-likeness (QED) is 0.675. The fourth-order valence-electron chi connectivity index (χ4n) is 2.19. The van der Waals surface area contributed by atoms with E-state index < -0.39 is 0 Å². The Morgan fingerprint density at radius 2 is 2.19 bits per heavy atom. The Kier molecular flexibility index (Phi) is 4.24. The zero-order chi connectivity index (χ0) is 15.4. The van der Waals surface area contributed by atoms with Gasteiger partial charge in [-0.1, -0.05) is 13.0 Å². The van der Waals surface area contributed by atoms with E-state index in [1.165, 1.54) is 0 Å². The number of nitro groups is 1. The summed E-state index contributed by atoms with van der Waals surface area (Å²) in [5, 5.41) is 23.1. The maximum Gasteiger partial charge on any atom is 0.274 e. The van der Waals surface area contributed by atoms with E-state index >= 15 is 0 Å². The molecule has 0 unspecified atom stereocenters. The van der Waals surface area contributed by atoms with Gasteiger partial charge in [0.2, 0.25) is 0 Å². The van der Waals surface area contributed by atoms with Crippen LogP contribution in [0.5, 0.6) is 0 Å². The molecule has 2 aromatic rings. The number of aryl methyl sites for hydroxylation is 2. The molecule has 0 radical (unpaired) electrons. The molecular formula is C15H16N4O2. The van der Waals surface area contributed by atoms with Crippen molar-refractivity contribution in [2.24, 2.45) is 7.05 Å². The summed E-state index contributed by atoms with van der Waals surface area (Å²) in [4.78, 5) is 10.7. The molecule has 1 heterocycles. The number of nitriles is 1. The Morgan fingerprint density at radius 1 is 1.43 bits per heavy atom. The Hall–Kier alpha value is -2.81. The first kappa shape index (κ1) is 14.6. The summed E-state index contributed by atoms with van der Waals surface area (Å²) < 4.78 is 1.75. The molecule has 0 aliphatic heterocycles. The lowest BCUT2D eigenvalue weighted by molar-refractivity contribution is -0.385. The van der Waals surface area contributed by atoms with Gasteiger partial charge in [-0.05, 0) is 24.1 Å². The van der Waals surface area contributed by atoms with Crippen LogP contribution in [0.3, 0.4) is 0 Å². The number of rotatable bonds is 5. The molecule has 0 saturated heterocycles. The summed E-state index contributed by atoms with van der Waals surface area (Å²) in [6.45, 7) is 2.40. The molecule has 0 atom stereocenters. The Bertz CT molecular complexity index is 713. The molecule has 0 fully saturated rings. The van der Waals surface area contributed by atoms with E-state index in [1.54, 1.807) is 22.8 Å². The van der Waals surface area contributed by atoms with Crippen molar-refractivity contribution in [3.8, 4) is 6.07 Å². The molecule has 108 valence electrons. The van der Waals surface area contributed by atoms with E-state index in [0.717, 1.165) is 11.1 Å². The molecule has 6 nitrogen and oxygen atoms in total. The second kappa shape index (κ2) is 6.09. The molecule has 21 heavy (non-hydrogen) atoms.